The van der Waals surface area contributed by atoms with Gasteiger partial charge in [0.2, 0.25) is 5.91 Å². The number of hydrogen-bond acceptors (Lipinski definition) is 3. The molecule has 1 N–H and O–H groups in total. The minimum atomic E-state index is -0.132. The van der Waals surface area contributed by atoms with Crippen LogP contribution >= 0.6 is 11.6 Å². The predicted octanol–water partition coefficient (Wildman–Crippen LogP) is 5.30. The molecule has 0 radical (unpaired) electrons. The number of piperidine rings is 1. The van der Waals surface area contributed by atoms with Crippen molar-refractivity contribution in [3.05, 3.63) is 94.3 Å². The van der Waals surface area contributed by atoms with E-state index < -0.39 is 0 Å². The average molecular weight is 448 g/mol. The third kappa shape index (κ3) is 5.35. The molecule has 1 saturated heterocycles. The molecule has 4 rings (SSSR count). The van der Waals surface area contributed by atoms with Gasteiger partial charge in [-0.05, 0) is 60.9 Å². The van der Waals surface area contributed by atoms with Crippen LogP contribution in [0.5, 0.6) is 0 Å². The fourth-order valence-corrected chi connectivity index (χ4v) is 4.35. The molecule has 0 bridgehead atoms. The van der Waals surface area contributed by atoms with Crippen LogP contribution < -0.4 is 5.32 Å². The molecule has 164 valence electrons. The molecule has 2 aromatic carbocycles. The molecule has 5 nitrogen and oxygen atoms in total. The van der Waals surface area contributed by atoms with Crippen molar-refractivity contribution in [2.24, 2.45) is 0 Å². The lowest BCUT2D eigenvalue weighted by molar-refractivity contribution is -0.114. The van der Waals surface area contributed by atoms with E-state index in [-0.39, 0.29) is 17.7 Å². The number of aromatic nitrogens is 1. The molecule has 1 aromatic heterocycles. The number of likely N-dealkylation sites (tertiary alicyclic amines) is 1. The fraction of sp³-hybridized carbons (Fsp3) is 0.269. The van der Waals surface area contributed by atoms with Crippen molar-refractivity contribution in [3.63, 3.8) is 0 Å². The predicted molar refractivity (Wildman–Crippen MR) is 127 cm³/mol. The number of anilines is 1. The third-order valence-corrected chi connectivity index (χ3v) is 6.11. The number of amides is 2. The monoisotopic (exact) mass is 447 g/mol. The van der Waals surface area contributed by atoms with E-state index in [0.29, 0.717) is 24.2 Å². The third-order valence-electron chi connectivity index (χ3n) is 5.74. The fourth-order valence-electron chi connectivity index (χ4n) is 4.15. The van der Waals surface area contributed by atoms with Gasteiger partial charge >= 0.3 is 0 Å². The summed E-state index contributed by atoms with van der Waals surface area (Å²) in [4.78, 5) is 31.1. The first-order chi connectivity index (χ1) is 15.5. The minimum Gasteiger partial charge on any atom is -0.338 e. The highest BCUT2D eigenvalue weighted by Gasteiger charge is 2.26. The highest BCUT2D eigenvalue weighted by molar-refractivity contribution is 6.31. The van der Waals surface area contributed by atoms with Crippen molar-refractivity contribution in [3.8, 4) is 0 Å². The number of carbonyl (C=O) groups excluding carboxylic acids is 2. The number of pyridine rings is 1. The second-order valence-corrected chi connectivity index (χ2v) is 8.58. The SMILES string of the molecule is CC(=O)Nc1ccc(C(=O)N2CCC[C@@H](c3cccc(Cc4ccccc4Cl)n3)C2)cc1. The van der Waals surface area contributed by atoms with Crippen molar-refractivity contribution >= 4 is 29.1 Å². The Bertz CT molecular complexity index is 1110. The van der Waals surface area contributed by atoms with Crippen LogP contribution in [0.15, 0.2) is 66.7 Å². The number of carbonyl (C=O) groups is 2. The Labute approximate surface area is 193 Å². The van der Waals surface area contributed by atoms with Gasteiger partial charge in [-0.1, -0.05) is 35.9 Å². The van der Waals surface area contributed by atoms with Crippen molar-refractivity contribution in [2.45, 2.75) is 32.1 Å². The molecule has 0 saturated carbocycles. The summed E-state index contributed by atoms with van der Waals surface area (Å²) in [5, 5.41) is 3.47. The van der Waals surface area contributed by atoms with E-state index >= 15 is 0 Å². The maximum Gasteiger partial charge on any atom is 0.253 e. The molecular formula is C26H26ClN3O2. The number of hydrogen-bond donors (Lipinski definition) is 1. The molecule has 1 fully saturated rings. The molecule has 2 amide bonds. The molecule has 1 aliphatic rings. The molecule has 1 aliphatic heterocycles. The van der Waals surface area contributed by atoms with Gasteiger partial charge in [-0.2, -0.15) is 0 Å². The van der Waals surface area contributed by atoms with Gasteiger partial charge < -0.3 is 10.2 Å². The van der Waals surface area contributed by atoms with Gasteiger partial charge in [-0.15, -0.1) is 0 Å². The summed E-state index contributed by atoms with van der Waals surface area (Å²) in [7, 11) is 0. The number of nitrogens with zero attached hydrogens (tertiary/aromatic N) is 2. The van der Waals surface area contributed by atoms with Crippen LogP contribution in [0, 0.1) is 0 Å². The Kier molecular flexibility index (Phi) is 6.86. The minimum absolute atomic E-state index is 0.0105. The van der Waals surface area contributed by atoms with E-state index in [1.54, 1.807) is 24.3 Å². The zero-order valence-corrected chi connectivity index (χ0v) is 18.8. The van der Waals surface area contributed by atoms with Gasteiger partial charge in [0.25, 0.3) is 5.91 Å². The van der Waals surface area contributed by atoms with Crippen LogP contribution in [0.1, 0.15) is 53.0 Å². The lowest BCUT2D eigenvalue weighted by Gasteiger charge is -2.32. The molecule has 0 aliphatic carbocycles. The Morgan fingerprint density at radius 2 is 1.84 bits per heavy atom. The van der Waals surface area contributed by atoms with Crippen molar-refractivity contribution in [1.29, 1.82) is 0 Å². The van der Waals surface area contributed by atoms with Gasteiger partial charge in [-0.3, -0.25) is 14.6 Å². The highest BCUT2D eigenvalue weighted by Crippen LogP contribution is 2.28. The zero-order chi connectivity index (χ0) is 22.5. The Morgan fingerprint density at radius 3 is 2.59 bits per heavy atom. The van der Waals surface area contributed by atoms with Gasteiger partial charge in [0, 0.05) is 60.0 Å². The summed E-state index contributed by atoms with van der Waals surface area (Å²) < 4.78 is 0. The van der Waals surface area contributed by atoms with Crippen molar-refractivity contribution < 1.29 is 9.59 Å². The second kappa shape index (κ2) is 9.96. The second-order valence-electron chi connectivity index (χ2n) is 8.17. The van der Waals surface area contributed by atoms with Gasteiger partial charge in [-0.25, -0.2) is 0 Å². The lowest BCUT2D eigenvalue weighted by Crippen LogP contribution is -2.39. The van der Waals surface area contributed by atoms with Gasteiger partial charge in [0.05, 0.1) is 0 Å². The quantitative estimate of drug-likeness (QED) is 0.577. The summed E-state index contributed by atoms with van der Waals surface area (Å²) in [5.74, 6) is 0.0843. The smallest absolute Gasteiger partial charge is 0.253 e. The summed E-state index contributed by atoms with van der Waals surface area (Å²) in [6.45, 7) is 2.85. The first-order valence-electron chi connectivity index (χ1n) is 10.9. The maximum atomic E-state index is 13.1. The summed E-state index contributed by atoms with van der Waals surface area (Å²) in [5.41, 5.74) is 4.37. The average Bonchev–Trinajstić information content (AvgIpc) is 2.80. The number of halogens is 1. The van der Waals surface area contributed by atoms with Crippen molar-refractivity contribution in [1.82, 2.24) is 9.88 Å². The van der Waals surface area contributed by atoms with Gasteiger partial charge in [0.15, 0.2) is 0 Å². The van der Waals surface area contributed by atoms with Crippen LogP contribution in [0.25, 0.3) is 0 Å². The Hall–Kier alpha value is -3.18. The first kappa shape index (κ1) is 22.0. The zero-order valence-electron chi connectivity index (χ0n) is 18.1. The topological polar surface area (TPSA) is 62.3 Å². The molecule has 0 spiro atoms. The Morgan fingerprint density at radius 1 is 1.06 bits per heavy atom. The molecule has 6 heteroatoms. The molecule has 0 unspecified atom stereocenters. The Balaban J connectivity index is 1.45. The largest absolute Gasteiger partial charge is 0.338 e. The van der Waals surface area contributed by atoms with E-state index in [1.807, 2.05) is 41.3 Å². The van der Waals surface area contributed by atoms with E-state index in [0.717, 1.165) is 41.4 Å². The molecular weight excluding hydrogens is 422 g/mol. The number of benzene rings is 2. The van der Waals surface area contributed by atoms with Crippen LogP contribution in [0.4, 0.5) is 5.69 Å². The van der Waals surface area contributed by atoms with E-state index in [9.17, 15) is 9.59 Å². The first-order valence-corrected chi connectivity index (χ1v) is 11.2. The van der Waals surface area contributed by atoms with Gasteiger partial charge in [0.1, 0.15) is 0 Å². The van der Waals surface area contributed by atoms with Crippen LogP contribution in [-0.2, 0) is 11.2 Å². The molecule has 3 aromatic rings. The molecule has 2 heterocycles. The maximum absolute atomic E-state index is 13.1. The summed E-state index contributed by atoms with van der Waals surface area (Å²) >= 11 is 6.32. The molecule has 32 heavy (non-hydrogen) atoms. The van der Waals surface area contributed by atoms with Crippen LogP contribution in [0.3, 0.4) is 0 Å². The van der Waals surface area contributed by atoms with Crippen molar-refractivity contribution in [2.75, 3.05) is 18.4 Å². The normalized spacial score (nSPS) is 15.9. The number of rotatable bonds is 5. The number of nitrogens with one attached hydrogen (secondary N) is 1. The van der Waals surface area contributed by atoms with E-state index in [1.165, 1.54) is 6.92 Å². The van der Waals surface area contributed by atoms with E-state index in [4.69, 9.17) is 16.6 Å². The molecule has 1 atom stereocenters. The van der Waals surface area contributed by atoms with Crippen LogP contribution in [-0.4, -0.2) is 34.8 Å². The summed E-state index contributed by atoms with van der Waals surface area (Å²) in [6, 6.07) is 21.0. The lowest BCUT2D eigenvalue weighted by atomic mass is 9.93. The van der Waals surface area contributed by atoms with E-state index in [2.05, 4.69) is 11.4 Å². The van der Waals surface area contributed by atoms with Crippen LogP contribution in [0.2, 0.25) is 5.02 Å². The summed E-state index contributed by atoms with van der Waals surface area (Å²) in [6.07, 6.45) is 2.63. The highest BCUT2D eigenvalue weighted by atomic mass is 35.5. The standard InChI is InChI=1S/C26H26ClN3O2/c1-18(31)28-22-13-11-19(12-14-22)26(32)30-15-5-7-21(17-30)25-10-4-8-23(29-25)16-20-6-2-3-9-24(20)27/h2-4,6,8-14,21H,5,7,15-17H2,1H3,(H,28,31)/t21-/m1/s1.